The molecule has 4 aliphatic heterocycles. The first-order chi connectivity index (χ1) is 20.3. The maximum absolute atomic E-state index is 13.2. The number of carboxylic acids is 1. The summed E-state index contributed by atoms with van der Waals surface area (Å²) in [6.45, 7) is 2.87. The Morgan fingerprint density at radius 3 is 2.53 bits per heavy atom. The predicted octanol–water partition coefficient (Wildman–Crippen LogP) is 1.22. The molecule has 6 rings (SSSR count). The summed E-state index contributed by atoms with van der Waals surface area (Å²) in [5.41, 5.74) is 2.29. The summed E-state index contributed by atoms with van der Waals surface area (Å²) in [5, 5.41) is 17.8. The highest BCUT2D eigenvalue weighted by atomic mass is 19.4. The van der Waals surface area contributed by atoms with E-state index in [1.807, 2.05) is 11.0 Å². The van der Waals surface area contributed by atoms with Crippen molar-refractivity contribution >= 4 is 29.6 Å². The molecular weight excluding hydrogens is 575 g/mol. The lowest BCUT2D eigenvalue weighted by Crippen LogP contribution is -2.53. The molecule has 4 aliphatic rings. The minimum atomic E-state index is -5.08. The number of nitrogens with one attached hydrogen (secondary N) is 1. The molecule has 43 heavy (non-hydrogen) atoms. The lowest BCUT2D eigenvalue weighted by atomic mass is 9.84. The average molecular weight is 606 g/mol. The fourth-order valence-electron chi connectivity index (χ4n) is 6.19. The molecule has 0 bridgehead atoms. The van der Waals surface area contributed by atoms with E-state index < -0.39 is 24.1 Å². The van der Waals surface area contributed by atoms with Gasteiger partial charge in [0, 0.05) is 37.7 Å². The van der Waals surface area contributed by atoms with E-state index in [0.29, 0.717) is 41.9 Å². The first-order valence-electron chi connectivity index (χ1n) is 13.8. The third-order valence-electron chi connectivity index (χ3n) is 8.36. The summed E-state index contributed by atoms with van der Waals surface area (Å²) in [4.78, 5) is 64.6. The maximum atomic E-state index is 13.2. The molecule has 0 aliphatic carbocycles. The van der Waals surface area contributed by atoms with Crippen molar-refractivity contribution < 1.29 is 42.3 Å². The van der Waals surface area contributed by atoms with Crippen LogP contribution in [0.1, 0.15) is 58.5 Å². The highest BCUT2D eigenvalue weighted by Crippen LogP contribution is 2.31. The second-order valence-corrected chi connectivity index (χ2v) is 11.1. The predicted molar refractivity (Wildman–Crippen MR) is 141 cm³/mol. The molecule has 4 amide bonds. The summed E-state index contributed by atoms with van der Waals surface area (Å²) in [6.07, 6.45) is 0.376. The van der Waals surface area contributed by atoms with Gasteiger partial charge in [0.05, 0.1) is 11.9 Å². The summed E-state index contributed by atoms with van der Waals surface area (Å²) in [5.74, 6) is -3.33. The zero-order valence-electron chi connectivity index (χ0n) is 23.2. The average Bonchev–Trinajstić information content (AvgIpc) is 3.57. The van der Waals surface area contributed by atoms with Gasteiger partial charge in [0.1, 0.15) is 6.04 Å². The maximum Gasteiger partial charge on any atom is 0.490 e. The standard InChI is InChI=1S/C25H29N7O4.C2HF3O2/c1-29-9-2-3-15-12-30(10-8-20(15)29)25(36)19-14-32(28-27-19)17-4-5-18-16(11-17)13-31(24(18)35)21-6-7-22(33)26-23(21)34;3-2(4,5)1(6)7/h4-5,11,14-15,20-21H,2-3,6-10,12-13H2,1H3,(H,26,33,34);(H,6,7). The van der Waals surface area contributed by atoms with Crippen molar-refractivity contribution in [3.63, 3.8) is 0 Å². The number of imide groups is 1. The van der Waals surface area contributed by atoms with Crippen molar-refractivity contribution in [1.29, 1.82) is 0 Å². The molecule has 230 valence electrons. The van der Waals surface area contributed by atoms with E-state index >= 15 is 0 Å². The second kappa shape index (κ2) is 11.7. The Labute approximate surface area is 243 Å². The van der Waals surface area contributed by atoms with Gasteiger partial charge in [0.2, 0.25) is 11.8 Å². The molecule has 13 nitrogen and oxygen atoms in total. The number of carboxylic acid groups (broad SMARTS) is 1. The summed E-state index contributed by atoms with van der Waals surface area (Å²) >= 11 is 0. The Balaban J connectivity index is 0.000000472. The van der Waals surface area contributed by atoms with E-state index in [1.54, 1.807) is 23.0 Å². The number of rotatable bonds is 3. The number of halogens is 3. The Hall–Kier alpha value is -4.34. The number of benzene rings is 1. The number of nitrogens with zero attached hydrogens (tertiary/aromatic N) is 6. The number of piperidine rings is 3. The van der Waals surface area contributed by atoms with Crippen LogP contribution < -0.4 is 5.32 Å². The van der Waals surface area contributed by atoms with Crippen LogP contribution in [-0.4, -0.2) is 109 Å². The Morgan fingerprint density at radius 1 is 1.09 bits per heavy atom. The quantitative estimate of drug-likeness (QED) is 0.491. The number of hydrogen-bond acceptors (Lipinski definition) is 8. The summed E-state index contributed by atoms with van der Waals surface area (Å²) in [7, 11) is 2.17. The number of carbonyl (C=O) groups is 5. The summed E-state index contributed by atoms with van der Waals surface area (Å²) < 4.78 is 33.3. The molecule has 0 spiro atoms. The van der Waals surface area contributed by atoms with Crippen molar-refractivity contribution in [2.24, 2.45) is 5.92 Å². The number of aliphatic carboxylic acids is 1. The number of aromatic nitrogens is 3. The first-order valence-corrected chi connectivity index (χ1v) is 13.8. The second-order valence-electron chi connectivity index (χ2n) is 11.1. The van der Waals surface area contributed by atoms with E-state index in [2.05, 4.69) is 27.6 Å². The van der Waals surface area contributed by atoms with Crippen LogP contribution in [-0.2, 0) is 20.9 Å². The topological polar surface area (TPSA) is 158 Å². The van der Waals surface area contributed by atoms with Gasteiger partial charge in [-0.3, -0.25) is 24.5 Å². The molecule has 0 saturated carbocycles. The third-order valence-corrected chi connectivity index (χ3v) is 8.36. The van der Waals surface area contributed by atoms with Gasteiger partial charge < -0.3 is 19.8 Å². The van der Waals surface area contributed by atoms with Gasteiger partial charge in [-0.15, -0.1) is 5.10 Å². The molecule has 1 aromatic carbocycles. The minimum absolute atomic E-state index is 0.103. The van der Waals surface area contributed by atoms with Gasteiger partial charge in [0.25, 0.3) is 11.8 Å². The highest BCUT2D eigenvalue weighted by Gasteiger charge is 2.40. The zero-order valence-corrected chi connectivity index (χ0v) is 23.2. The first kappa shape index (κ1) is 30.1. The molecule has 3 unspecified atom stereocenters. The van der Waals surface area contributed by atoms with Gasteiger partial charge in [-0.05, 0) is 69.0 Å². The van der Waals surface area contributed by atoms with E-state index in [0.717, 1.165) is 37.9 Å². The molecule has 5 heterocycles. The smallest absolute Gasteiger partial charge is 0.475 e. The Kier molecular flexibility index (Phi) is 8.23. The van der Waals surface area contributed by atoms with Crippen LogP contribution in [0.15, 0.2) is 24.4 Å². The zero-order chi connectivity index (χ0) is 31.1. The molecule has 0 radical (unpaired) electrons. The van der Waals surface area contributed by atoms with Crippen molar-refractivity contribution in [2.45, 2.75) is 56.9 Å². The third kappa shape index (κ3) is 6.23. The van der Waals surface area contributed by atoms with Crippen LogP contribution in [0.3, 0.4) is 0 Å². The van der Waals surface area contributed by atoms with Crippen LogP contribution in [0.2, 0.25) is 0 Å². The van der Waals surface area contributed by atoms with E-state index in [4.69, 9.17) is 9.90 Å². The highest BCUT2D eigenvalue weighted by molar-refractivity contribution is 6.05. The molecule has 2 N–H and O–H groups in total. The fourth-order valence-corrected chi connectivity index (χ4v) is 6.19. The van der Waals surface area contributed by atoms with Crippen molar-refractivity contribution in [2.75, 3.05) is 26.7 Å². The van der Waals surface area contributed by atoms with Crippen LogP contribution in [0, 0.1) is 5.92 Å². The van der Waals surface area contributed by atoms with Crippen LogP contribution in [0.5, 0.6) is 0 Å². The van der Waals surface area contributed by atoms with Crippen molar-refractivity contribution in [3.05, 3.63) is 41.2 Å². The van der Waals surface area contributed by atoms with E-state index in [1.165, 1.54) is 4.90 Å². The molecule has 3 fully saturated rings. The monoisotopic (exact) mass is 605 g/mol. The molecule has 2 aromatic rings. The largest absolute Gasteiger partial charge is 0.490 e. The number of likely N-dealkylation sites (tertiary alicyclic amines) is 2. The van der Waals surface area contributed by atoms with Gasteiger partial charge in [-0.25, -0.2) is 9.48 Å². The number of carbonyl (C=O) groups excluding carboxylic acids is 4. The number of alkyl halides is 3. The number of fused-ring (bicyclic) bond motifs is 2. The lowest BCUT2D eigenvalue weighted by molar-refractivity contribution is -0.192. The fraction of sp³-hybridized carbons (Fsp3) is 0.519. The van der Waals surface area contributed by atoms with Gasteiger partial charge >= 0.3 is 12.1 Å². The number of hydrogen-bond donors (Lipinski definition) is 2. The van der Waals surface area contributed by atoms with Crippen LogP contribution in [0.4, 0.5) is 13.2 Å². The summed E-state index contributed by atoms with van der Waals surface area (Å²) in [6, 6.07) is 5.21. The Morgan fingerprint density at radius 2 is 1.84 bits per heavy atom. The van der Waals surface area contributed by atoms with Crippen LogP contribution in [0.25, 0.3) is 5.69 Å². The Bertz CT molecular complexity index is 1460. The van der Waals surface area contributed by atoms with Gasteiger partial charge in [-0.1, -0.05) is 5.21 Å². The molecular formula is C27H30F3N7O6. The number of amides is 4. The normalized spacial score (nSPS) is 24.1. The van der Waals surface area contributed by atoms with Crippen molar-refractivity contribution in [1.82, 2.24) is 35.0 Å². The molecule has 3 atom stereocenters. The van der Waals surface area contributed by atoms with Crippen LogP contribution >= 0.6 is 0 Å². The van der Waals surface area contributed by atoms with E-state index in [9.17, 15) is 32.3 Å². The SMILES string of the molecule is CN1CCCC2CN(C(=O)c3cn(-c4ccc5c(c4)CN(C4CCC(=O)NC4=O)C5=O)nn3)CCC21.O=C(O)C(F)(F)F. The van der Waals surface area contributed by atoms with Crippen molar-refractivity contribution in [3.8, 4) is 5.69 Å². The molecule has 1 aromatic heterocycles. The molecule has 16 heteroatoms. The molecule has 3 saturated heterocycles. The minimum Gasteiger partial charge on any atom is -0.475 e. The van der Waals surface area contributed by atoms with E-state index in [-0.39, 0.29) is 30.7 Å². The van der Waals surface area contributed by atoms with Gasteiger partial charge in [0.15, 0.2) is 5.69 Å². The lowest BCUT2D eigenvalue weighted by Gasteiger charge is -2.45. The van der Waals surface area contributed by atoms with Gasteiger partial charge in [-0.2, -0.15) is 13.2 Å².